The van der Waals surface area contributed by atoms with E-state index in [4.69, 9.17) is 21.3 Å². The standard InChI is InChI=1S/C25H24ClN3O2/c1-17(2)27-25(30)18-12-13-23-22(14-18)28-24(16-31-20-9-4-3-5-10-20)29(23)15-19-8-6-7-11-21(19)26/h3-14,17H,15-16H2,1-2H3,(H,27,30). The summed E-state index contributed by atoms with van der Waals surface area (Å²) in [6.45, 7) is 4.74. The second kappa shape index (κ2) is 9.23. The maximum Gasteiger partial charge on any atom is 0.251 e. The molecule has 0 unspecified atom stereocenters. The van der Waals surface area contributed by atoms with E-state index in [1.807, 2.05) is 86.6 Å². The van der Waals surface area contributed by atoms with Gasteiger partial charge in [-0.15, -0.1) is 0 Å². The zero-order valence-corrected chi connectivity index (χ0v) is 18.3. The first kappa shape index (κ1) is 20.9. The highest BCUT2D eigenvalue weighted by atomic mass is 35.5. The third-order valence-corrected chi connectivity index (χ3v) is 5.28. The summed E-state index contributed by atoms with van der Waals surface area (Å²) in [6, 6.07) is 23.0. The fourth-order valence-corrected chi connectivity index (χ4v) is 3.61. The lowest BCUT2D eigenvalue weighted by Gasteiger charge is -2.12. The maximum absolute atomic E-state index is 12.4. The van der Waals surface area contributed by atoms with E-state index in [1.54, 1.807) is 0 Å². The topological polar surface area (TPSA) is 56.1 Å². The Morgan fingerprint density at radius 1 is 1.06 bits per heavy atom. The summed E-state index contributed by atoms with van der Waals surface area (Å²) in [5.41, 5.74) is 3.24. The van der Waals surface area contributed by atoms with Gasteiger partial charge in [-0.25, -0.2) is 4.98 Å². The Hall–Kier alpha value is -3.31. The largest absolute Gasteiger partial charge is 0.486 e. The molecular weight excluding hydrogens is 410 g/mol. The lowest BCUT2D eigenvalue weighted by molar-refractivity contribution is 0.0943. The Morgan fingerprint density at radius 3 is 2.55 bits per heavy atom. The SMILES string of the molecule is CC(C)NC(=O)c1ccc2c(c1)nc(COc1ccccc1)n2Cc1ccccc1Cl. The molecule has 1 N–H and O–H groups in total. The molecule has 158 valence electrons. The number of aromatic nitrogens is 2. The molecule has 5 nitrogen and oxygen atoms in total. The lowest BCUT2D eigenvalue weighted by atomic mass is 10.1. The summed E-state index contributed by atoms with van der Waals surface area (Å²) in [6.07, 6.45) is 0. The smallest absolute Gasteiger partial charge is 0.251 e. The number of carbonyl (C=O) groups is 1. The van der Waals surface area contributed by atoms with Crippen LogP contribution in [0.4, 0.5) is 0 Å². The number of hydrogen-bond donors (Lipinski definition) is 1. The molecule has 6 heteroatoms. The van der Waals surface area contributed by atoms with Gasteiger partial charge in [-0.2, -0.15) is 0 Å². The van der Waals surface area contributed by atoms with E-state index in [0.29, 0.717) is 23.7 Å². The molecule has 1 heterocycles. The maximum atomic E-state index is 12.4. The van der Waals surface area contributed by atoms with Crippen molar-refractivity contribution >= 4 is 28.5 Å². The highest BCUT2D eigenvalue weighted by Crippen LogP contribution is 2.24. The molecule has 0 saturated carbocycles. The molecule has 0 atom stereocenters. The number of nitrogens with zero attached hydrogens (tertiary/aromatic N) is 2. The number of nitrogens with one attached hydrogen (secondary N) is 1. The highest BCUT2D eigenvalue weighted by molar-refractivity contribution is 6.31. The summed E-state index contributed by atoms with van der Waals surface area (Å²) in [7, 11) is 0. The van der Waals surface area contributed by atoms with Gasteiger partial charge in [0.05, 0.1) is 17.6 Å². The number of hydrogen-bond acceptors (Lipinski definition) is 3. The third kappa shape index (κ3) is 4.89. The summed E-state index contributed by atoms with van der Waals surface area (Å²) < 4.78 is 8.05. The van der Waals surface area contributed by atoms with Gasteiger partial charge >= 0.3 is 0 Å². The van der Waals surface area contributed by atoms with E-state index in [0.717, 1.165) is 28.2 Å². The predicted octanol–water partition coefficient (Wildman–Crippen LogP) is 5.46. The van der Waals surface area contributed by atoms with Crippen molar-refractivity contribution < 1.29 is 9.53 Å². The van der Waals surface area contributed by atoms with Crippen molar-refractivity contribution in [2.75, 3.05) is 0 Å². The first-order valence-corrected chi connectivity index (χ1v) is 10.6. The number of benzene rings is 3. The van der Waals surface area contributed by atoms with Gasteiger partial charge in [0.2, 0.25) is 0 Å². The normalized spacial score (nSPS) is 11.1. The molecule has 0 bridgehead atoms. The van der Waals surface area contributed by atoms with Gasteiger partial charge < -0.3 is 14.6 Å². The van der Waals surface area contributed by atoms with Crippen LogP contribution in [0.1, 0.15) is 35.6 Å². The lowest BCUT2D eigenvalue weighted by Crippen LogP contribution is -2.29. The third-order valence-electron chi connectivity index (χ3n) is 4.91. The van der Waals surface area contributed by atoms with Crippen LogP contribution in [0.5, 0.6) is 5.75 Å². The number of halogens is 1. The van der Waals surface area contributed by atoms with Gasteiger partial charge in [0.15, 0.2) is 0 Å². The summed E-state index contributed by atoms with van der Waals surface area (Å²) >= 11 is 6.41. The molecular formula is C25H24ClN3O2. The number of fused-ring (bicyclic) bond motifs is 1. The number of imidazole rings is 1. The number of amides is 1. The van der Waals surface area contributed by atoms with Gasteiger partial charge in [-0.05, 0) is 55.8 Å². The van der Waals surface area contributed by atoms with Crippen LogP contribution < -0.4 is 10.1 Å². The van der Waals surface area contributed by atoms with Gasteiger partial charge in [-0.1, -0.05) is 48.0 Å². The van der Waals surface area contributed by atoms with Crippen LogP contribution in [0.3, 0.4) is 0 Å². The average molecular weight is 434 g/mol. The van der Waals surface area contributed by atoms with Crippen molar-refractivity contribution in [3.63, 3.8) is 0 Å². The van der Waals surface area contributed by atoms with Crippen molar-refractivity contribution in [1.29, 1.82) is 0 Å². The van der Waals surface area contributed by atoms with Gasteiger partial charge in [0.1, 0.15) is 18.2 Å². The second-order valence-corrected chi connectivity index (χ2v) is 8.05. The van der Waals surface area contributed by atoms with Crippen LogP contribution in [0.2, 0.25) is 5.02 Å². The molecule has 0 aliphatic rings. The van der Waals surface area contributed by atoms with E-state index in [2.05, 4.69) is 9.88 Å². The van der Waals surface area contributed by atoms with E-state index in [-0.39, 0.29) is 11.9 Å². The Kier molecular flexibility index (Phi) is 6.23. The quantitative estimate of drug-likeness (QED) is 0.421. The summed E-state index contributed by atoms with van der Waals surface area (Å²) in [4.78, 5) is 17.2. The first-order chi connectivity index (χ1) is 15.0. The van der Waals surface area contributed by atoms with Crippen molar-refractivity contribution in [1.82, 2.24) is 14.9 Å². The van der Waals surface area contributed by atoms with Gasteiger partial charge in [0, 0.05) is 16.6 Å². The van der Waals surface area contributed by atoms with Crippen molar-refractivity contribution in [2.45, 2.75) is 33.0 Å². The number of para-hydroxylation sites is 1. The van der Waals surface area contributed by atoms with Gasteiger partial charge in [-0.3, -0.25) is 4.79 Å². The second-order valence-electron chi connectivity index (χ2n) is 7.64. The highest BCUT2D eigenvalue weighted by Gasteiger charge is 2.16. The molecule has 0 aliphatic carbocycles. The van der Waals surface area contributed by atoms with E-state index in [9.17, 15) is 4.79 Å². The minimum atomic E-state index is -0.111. The minimum Gasteiger partial charge on any atom is -0.486 e. The summed E-state index contributed by atoms with van der Waals surface area (Å²) in [5, 5.41) is 3.62. The fourth-order valence-electron chi connectivity index (χ4n) is 3.41. The molecule has 0 fully saturated rings. The van der Waals surface area contributed by atoms with Crippen molar-refractivity contribution in [3.05, 3.63) is 94.8 Å². The number of carbonyl (C=O) groups excluding carboxylic acids is 1. The molecule has 0 spiro atoms. The number of ether oxygens (including phenoxy) is 1. The fraction of sp³-hybridized carbons (Fsp3) is 0.200. The Bertz CT molecular complexity index is 1200. The molecule has 3 aromatic carbocycles. The Labute approximate surface area is 186 Å². The van der Waals surface area contributed by atoms with Crippen LogP contribution in [0.25, 0.3) is 11.0 Å². The monoisotopic (exact) mass is 433 g/mol. The van der Waals surface area contributed by atoms with Crippen LogP contribution in [-0.4, -0.2) is 21.5 Å². The zero-order valence-electron chi connectivity index (χ0n) is 17.5. The zero-order chi connectivity index (χ0) is 21.8. The number of rotatable bonds is 7. The first-order valence-electron chi connectivity index (χ1n) is 10.2. The predicted molar refractivity (Wildman–Crippen MR) is 124 cm³/mol. The van der Waals surface area contributed by atoms with Crippen molar-refractivity contribution in [2.24, 2.45) is 0 Å². The minimum absolute atomic E-state index is 0.0656. The van der Waals surface area contributed by atoms with Crippen LogP contribution in [-0.2, 0) is 13.2 Å². The average Bonchev–Trinajstić information content (AvgIpc) is 3.10. The van der Waals surface area contributed by atoms with E-state index >= 15 is 0 Å². The summed E-state index contributed by atoms with van der Waals surface area (Å²) in [5.74, 6) is 1.43. The molecule has 1 amide bonds. The van der Waals surface area contributed by atoms with Crippen molar-refractivity contribution in [3.8, 4) is 5.75 Å². The van der Waals surface area contributed by atoms with Crippen LogP contribution >= 0.6 is 11.6 Å². The molecule has 0 aliphatic heterocycles. The Balaban J connectivity index is 1.71. The van der Waals surface area contributed by atoms with Crippen LogP contribution in [0, 0.1) is 0 Å². The van der Waals surface area contributed by atoms with E-state index < -0.39 is 0 Å². The van der Waals surface area contributed by atoms with E-state index in [1.165, 1.54) is 0 Å². The van der Waals surface area contributed by atoms with Gasteiger partial charge in [0.25, 0.3) is 5.91 Å². The molecule has 0 radical (unpaired) electrons. The van der Waals surface area contributed by atoms with Crippen LogP contribution in [0.15, 0.2) is 72.8 Å². The molecule has 1 aromatic heterocycles. The Morgan fingerprint density at radius 2 is 1.81 bits per heavy atom. The molecule has 4 aromatic rings. The molecule has 31 heavy (non-hydrogen) atoms. The molecule has 0 saturated heterocycles. The molecule has 4 rings (SSSR count).